The Morgan fingerprint density at radius 1 is 1.33 bits per heavy atom. The first-order valence-corrected chi connectivity index (χ1v) is 8.78. The molecule has 1 aliphatic heterocycles. The third-order valence-electron chi connectivity index (χ3n) is 4.07. The van der Waals surface area contributed by atoms with Crippen molar-refractivity contribution in [2.45, 2.75) is 12.3 Å². The Labute approximate surface area is 130 Å². The molecular weight excluding hydrogens is 300 g/mol. The number of thiazole rings is 1. The maximum atomic E-state index is 12.6. The molecule has 5 heteroatoms. The molecule has 0 N–H and O–H groups in total. The van der Waals surface area contributed by atoms with E-state index in [0.29, 0.717) is 5.92 Å². The van der Waals surface area contributed by atoms with Gasteiger partial charge in [-0.25, -0.2) is 4.98 Å². The van der Waals surface area contributed by atoms with Gasteiger partial charge in [-0.2, -0.15) is 11.3 Å². The van der Waals surface area contributed by atoms with Crippen LogP contribution in [0.3, 0.4) is 0 Å². The van der Waals surface area contributed by atoms with E-state index in [1.807, 2.05) is 28.6 Å². The average Bonchev–Trinajstić information content (AvgIpc) is 3.24. The van der Waals surface area contributed by atoms with Gasteiger partial charge in [0, 0.05) is 24.6 Å². The Bertz CT molecular complexity index is 779. The number of carbonyl (C=O) groups excluding carboxylic acids is 1. The van der Waals surface area contributed by atoms with Gasteiger partial charge in [0.25, 0.3) is 5.91 Å². The van der Waals surface area contributed by atoms with Crippen LogP contribution in [0.4, 0.5) is 0 Å². The van der Waals surface area contributed by atoms with E-state index in [2.05, 4.69) is 21.8 Å². The number of hydrogen-bond acceptors (Lipinski definition) is 4. The standard InChI is InChI=1S/C16H14N2OS2/c19-16(11-1-2-14-15(7-11)21-10-17-14)18-5-3-12(8-18)13-4-6-20-9-13/h1-2,4,6-7,9-10,12H,3,5,8H2. The van der Waals surface area contributed by atoms with Gasteiger partial charge in [0.1, 0.15) is 0 Å². The van der Waals surface area contributed by atoms with Gasteiger partial charge in [0.15, 0.2) is 0 Å². The Morgan fingerprint density at radius 2 is 2.29 bits per heavy atom. The lowest BCUT2D eigenvalue weighted by molar-refractivity contribution is 0.0791. The van der Waals surface area contributed by atoms with E-state index in [9.17, 15) is 4.79 Å². The van der Waals surface area contributed by atoms with Gasteiger partial charge in [-0.15, -0.1) is 11.3 Å². The molecule has 0 spiro atoms. The molecule has 0 bridgehead atoms. The molecule has 1 fully saturated rings. The fourth-order valence-corrected chi connectivity index (χ4v) is 4.35. The van der Waals surface area contributed by atoms with Crippen molar-refractivity contribution in [1.29, 1.82) is 0 Å². The van der Waals surface area contributed by atoms with Crippen molar-refractivity contribution in [3.05, 3.63) is 51.7 Å². The average molecular weight is 314 g/mol. The summed E-state index contributed by atoms with van der Waals surface area (Å²) in [7, 11) is 0. The predicted octanol–water partition coefficient (Wildman–Crippen LogP) is 3.99. The molecule has 1 saturated heterocycles. The number of fused-ring (bicyclic) bond motifs is 1. The first-order valence-electron chi connectivity index (χ1n) is 6.96. The van der Waals surface area contributed by atoms with Crippen molar-refractivity contribution in [1.82, 2.24) is 9.88 Å². The first-order chi connectivity index (χ1) is 10.3. The maximum Gasteiger partial charge on any atom is 0.253 e. The van der Waals surface area contributed by atoms with Gasteiger partial charge >= 0.3 is 0 Å². The number of carbonyl (C=O) groups is 1. The fourth-order valence-electron chi connectivity index (χ4n) is 2.89. The summed E-state index contributed by atoms with van der Waals surface area (Å²) in [4.78, 5) is 18.9. The van der Waals surface area contributed by atoms with Gasteiger partial charge in [0.2, 0.25) is 0 Å². The second kappa shape index (κ2) is 5.24. The SMILES string of the molecule is O=C(c1ccc2ncsc2c1)N1CCC(c2ccsc2)C1. The minimum absolute atomic E-state index is 0.142. The Balaban J connectivity index is 1.55. The zero-order valence-electron chi connectivity index (χ0n) is 11.4. The van der Waals surface area contributed by atoms with Crippen molar-refractivity contribution < 1.29 is 4.79 Å². The third kappa shape index (κ3) is 2.36. The van der Waals surface area contributed by atoms with Crippen LogP contribution in [0.1, 0.15) is 28.3 Å². The van der Waals surface area contributed by atoms with Crippen LogP contribution in [0.15, 0.2) is 40.5 Å². The van der Waals surface area contributed by atoms with Crippen LogP contribution in [0.5, 0.6) is 0 Å². The quantitative estimate of drug-likeness (QED) is 0.716. The van der Waals surface area contributed by atoms with Gasteiger partial charge in [-0.3, -0.25) is 4.79 Å². The highest BCUT2D eigenvalue weighted by Crippen LogP contribution is 2.30. The number of benzene rings is 1. The third-order valence-corrected chi connectivity index (χ3v) is 5.56. The van der Waals surface area contributed by atoms with Crippen molar-refractivity contribution in [3.8, 4) is 0 Å². The van der Waals surface area contributed by atoms with Crippen molar-refractivity contribution >= 4 is 38.8 Å². The van der Waals surface area contributed by atoms with Crippen LogP contribution in [-0.2, 0) is 0 Å². The molecule has 1 unspecified atom stereocenters. The van der Waals surface area contributed by atoms with E-state index in [4.69, 9.17) is 0 Å². The Hall–Kier alpha value is -1.72. The topological polar surface area (TPSA) is 33.2 Å². The second-order valence-corrected chi connectivity index (χ2v) is 6.99. The van der Waals surface area contributed by atoms with Gasteiger partial charge in [0.05, 0.1) is 15.7 Å². The lowest BCUT2D eigenvalue weighted by Gasteiger charge is -2.16. The van der Waals surface area contributed by atoms with Crippen LogP contribution in [0.2, 0.25) is 0 Å². The van der Waals surface area contributed by atoms with Gasteiger partial charge < -0.3 is 4.90 Å². The number of likely N-dealkylation sites (tertiary alicyclic amines) is 1. The first kappa shape index (κ1) is 13.0. The van der Waals surface area contributed by atoms with Crippen LogP contribution in [0.25, 0.3) is 10.2 Å². The highest BCUT2D eigenvalue weighted by Gasteiger charge is 2.28. The largest absolute Gasteiger partial charge is 0.338 e. The summed E-state index contributed by atoms with van der Waals surface area (Å²) in [6.07, 6.45) is 1.06. The predicted molar refractivity (Wildman–Crippen MR) is 87.2 cm³/mol. The Kier molecular flexibility index (Phi) is 3.24. The summed E-state index contributed by atoms with van der Waals surface area (Å²) in [6, 6.07) is 7.97. The molecule has 0 saturated carbocycles. The van der Waals surface area contributed by atoms with E-state index in [0.717, 1.165) is 35.3 Å². The molecule has 106 valence electrons. The zero-order valence-corrected chi connectivity index (χ0v) is 13.0. The van der Waals surface area contributed by atoms with E-state index >= 15 is 0 Å². The number of nitrogens with zero attached hydrogens (tertiary/aromatic N) is 2. The summed E-state index contributed by atoms with van der Waals surface area (Å²) in [5, 5.41) is 4.31. The number of aromatic nitrogens is 1. The Morgan fingerprint density at radius 3 is 3.14 bits per heavy atom. The molecule has 3 heterocycles. The number of thiophene rings is 1. The number of hydrogen-bond donors (Lipinski definition) is 0. The highest BCUT2D eigenvalue weighted by atomic mass is 32.1. The van der Waals surface area contributed by atoms with Crippen molar-refractivity contribution in [2.24, 2.45) is 0 Å². The van der Waals surface area contributed by atoms with Gasteiger partial charge in [-0.1, -0.05) is 0 Å². The minimum Gasteiger partial charge on any atom is -0.338 e. The van der Waals surface area contributed by atoms with Crippen LogP contribution < -0.4 is 0 Å². The van der Waals surface area contributed by atoms with Crippen LogP contribution in [-0.4, -0.2) is 28.9 Å². The second-order valence-electron chi connectivity index (χ2n) is 5.33. The fraction of sp³-hybridized carbons (Fsp3) is 0.250. The lowest BCUT2D eigenvalue weighted by Crippen LogP contribution is -2.28. The van der Waals surface area contributed by atoms with E-state index in [1.54, 1.807) is 22.7 Å². The summed E-state index contributed by atoms with van der Waals surface area (Å²) in [5.41, 5.74) is 4.93. The summed E-state index contributed by atoms with van der Waals surface area (Å²) in [6.45, 7) is 1.68. The molecule has 1 amide bonds. The summed E-state index contributed by atoms with van der Waals surface area (Å²) < 4.78 is 1.08. The van der Waals surface area contributed by atoms with Crippen molar-refractivity contribution in [2.75, 3.05) is 13.1 Å². The van der Waals surface area contributed by atoms with E-state index in [-0.39, 0.29) is 5.91 Å². The molecule has 2 aromatic heterocycles. The molecule has 0 radical (unpaired) electrons. The number of amides is 1. The molecule has 4 rings (SSSR count). The molecule has 21 heavy (non-hydrogen) atoms. The minimum atomic E-state index is 0.142. The molecule has 3 aromatic rings. The number of rotatable bonds is 2. The molecular formula is C16H14N2OS2. The molecule has 1 atom stereocenters. The maximum absolute atomic E-state index is 12.6. The summed E-state index contributed by atoms with van der Waals surface area (Å²) in [5.74, 6) is 0.635. The zero-order chi connectivity index (χ0) is 14.2. The van der Waals surface area contributed by atoms with Crippen LogP contribution >= 0.6 is 22.7 Å². The van der Waals surface area contributed by atoms with E-state index < -0.39 is 0 Å². The highest BCUT2D eigenvalue weighted by molar-refractivity contribution is 7.16. The molecule has 0 aliphatic carbocycles. The molecule has 1 aromatic carbocycles. The molecule has 1 aliphatic rings. The van der Waals surface area contributed by atoms with E-state index in [1.165, 1.54) is 5.56 Å². The lowest BCUT2D eigenvalue weighted by atomic mass is 10.0. The monoisotopic (exact) mass is 314 g/mol. The summed E-state index contributed by atoms with van der Waals surface area (Å²) >= 11 is 3.31. The van der Waals surface area contributed by atoms with Crippen LogP contribution in [0, 0.1) is 0 Å². The smallest absolute Gasteiger partial charge is 0.253 e. The molecule has 3 nitrogen and oxygen atoms in total. The van der Waals surface area contributed by atoms with Crippen molar-refractivity contribution in [3.63, 3.8) is 0 Å². The normalized spacial score (nSPS) is 18.5. The van der Waals surface area contributed by atoms with Gasteiger partial charge in [-0.05, 0) is 47.0 Å².